The number of nitrogens with zero attached hydrogens (tertiary/aromatic N) is 4. The van der Waals surface area contributed by atoms with Crippen molar-refractivity contribution in [1.29, 1.82) is 0 Å². The highest BCUT2D eigenvalue weighted by Crippen LogP contribution is 2.27. The molecule has 20 heavy (non-hydrogen) atoms. The Morgan fingerprint density at radius 3 is 2.65 bits per heavy atom. The number of hydrogen-bond acceptors (Lipinski definition) is 3. The summed E-state index contributed by atoms with van der Waals surface area (Å²) in [6, 6.07) is 2.93. The van der Waals surface area contributed by atoms with E-state index in [-0.39, 0.29) is 11.7 Å². The molecule has 7 heteroatoms. The maximum atomic E-state index is 13.6. The summed E-state index contributed by atoms with van der Waals surface area (Å²) in [6.07, 6.45) is 0. The van der Waals surface area contributed by atoms with Crippen molar-refractivity contribution < 1.29 is 4.39 Å². The largest absolute Gasteiger partial charge is 0.330 e. The van der Waals surface area contributed by atoms with Gasteiger partial charge in [-0.3, -0.25) is 9.13 Å². The molecule has 0 spiro atoms. The molecule has 3 rings (SSSR count). The number of rotatable bonds is 1. The Hall–Kier alpha value is -1.76. The lowest BCUT2D eigenvalue weighted by Gasteiger charge is -2.08. The summed E-state index contributed by atoms with van der Waals surface area (Å²) in [7, 11) is 1.66. The van der Waals surface area contributed by atoms with Crippen LogP contribution in [0.1, 0.15) is 19.9 Å². The van der Waals surface area contributed by atoms with Crippen molar-refractivity contribution in [2.75, 3.05) is 0 Å². The van der Waals surface area contributed by atoms with Crippen molar-refractivity contribution in [3.05, 3.63) is 32.9 Å². The average molecular weight is 339 g/mol. The van der Waals surface area contributed by atoms with Gasteiger partial charge in [0, 0.05) is 24.5 Å². The molecule has 0 aliphatic heterocycles. The molecule has 0 amide bonds. The fourth-order valence-electron chi connectivity index (χ4n) is 2.37. The molecule has 104 valence electrons. The van der Waals surface area contributed by atoms with Gasteiger partial charge in [-0.25, -0.2) is 9.18 Å². The topological polar surface area (TPSA) is 52.7 Å². The first-order valence-corrected chi connectivity index (χ1v) is 6.93. The van der Waals surface area contributed by atoms with Crippen LogP contribution < -0.4 is 5.69 Å². The molecule has 0 aliphatic rings. The zero-order valence-electron chi connectivity index (χ0n) is 11.2. The second kappa shape index (κ2) is 4.37. The van der Waals surface area contributed by atoms with Crippen LogP contribution in [0.3, 0.4) is 0 Å². The summed E-state index contributed by atoms with van der Waals surface area (Å²) in [5.41, 5.74) is 1.45. The normalized spacial score (nSPS) is 11.9. The molecular weight excluding hydrogens is 327 g/mol. The first kappa shape index (κ1) is 13.2. The van der Waals surface area contributed by atoms with E-state index < -0.39 is 5.82 Å². The zero-order chi connectivity index (χ0) is 14.6. The van der Waals surface area contributed by atoms with Gasteiger partial charge in [-0.05, 0) is 35.8 Å². The molecule has 0 bridgehead atoms. The molecule has 0 atom stereocenters. The molecule has 5 nitrogen and oxygen atoms in total. The lowest BCUT2D eigenvalue weighted by atomic mass is 10.2. The van der Waals surface area contributed by atoms with Crippen LogP contribution in [0.4, 0.5) is 4.39 Å². The van der Waals surface area contributed by atoms with Crippen molar-refractivity contribution in [2.45, 2.75) is 19.9 Å². The number of benzene rings is 1. The van der Waals surface area contributed by atoms with Crippen LogP contribution in [0.2, 0.25) is 0 Å². The van der Waals surface area contributed by atoms with Crippen LogP contribution in [-0.4, -0.2) is 19.3 Å². The lowest BCUT2D eigenvalue weighted by molar-refractivity contribution is 0.583. The molecule has 0 radical (unpaired) electrons. The Balaban J connectivity index is 2.62. The minimum absolute atomic E-state index is 0.0255. The van der Waals surface area contributed by atoms with E-state index in [2.05, 4.69) is 26.1 Å². The summed E-state index contributed by atoms with van der Waals surface area (Å²) in [4.78, 5) is 12.3. The standard InChI is InChI=1S/C13H12BrFN4O/c1-6(2)19-11-7-4-8(14)9(15)5-10(7)16-17-12(11)18(3)13(19)20/h4-6H,1-3H3. The molecule has 0 N–H and O–H groups in total. The molecule has 1 aromatic carbocycles. The molecule has 3 aromatic rings. The van der Waals surface area contributed by atoms with Crippen LogP contribution in [0, 0.1) is 5.82 Å². The highest BCUT2D eigenvalue weighted by Gasteiger charge is 2.18. The summed E-state index contributed by atoms with van der Waals surface area (Å²) in [5.74, 6) is -0.402. The fraction of sp³-hybridized carbons (Fsp3) is 0.308. The van der Waals surface area contributed by atoms with Gasteiger partial charge in [0.15, 0.2) is 5.65 Å². The third-order valence-corrected chi connectivity index (χ3v) is 3.93. The smallest absolute Gasteiger partial charge is 0.287 e. The zero-order valence-corrected chi connectivity index (χ0v) is 12.8. The molecule has 2 aromatic heterocycles. The van der Waals surface area contributed by atoms with Gasteiger partial charge in [0.1, 0.15) is 11.3 Å². The highest BCUT2D eigenvalue weighted by atomic mass is 79.9. The Kier molecular flexibility index (Phi) is 2.89. The minimum Gasteiger partial charge on any atom is -0.287 e. The van der Waals surface area contributed by atoms with E-state index in [0.717, 1.165) is 0 Å². The second-order valence-electron chi connectivity index (χ2n) is 4.96. The number of halogens is 2. The summed E-state index contributed by atoms with van der Waals surface area (Å²) in [5, 5.41) is 8.76. The monoisotopic (exact) mass is 338 g/mol. The van der Waals surface area contributed by atoms with Gasteiger partial charge >= 0.3 is 5.69 Å². The molecule has 2 heterocycles. The number of aromatic nitrogens is 4. The van der Waals surface area contributed by atoms with E-state index >= 15 is 0 Å². The number of imidazole rings is 1. The van der Waals surface area contributed by atoms with E-state index in [4.69, 9.17) is 0 Å². The minimum atomic E-state index is -0.402. The van der Waals surface area contributed by atoms with E-state index in [1.165, 1.54) is 10.6 Å². The molecule has 0 saturated carbocycles. The van der Waals surface area contributed by atoms with E-state index in [1.807, 2.05) is 13.8 Å². The predicted molar refractivity (Wildman–Crippen MR) is 78.3 cm³/mol. The number of aryl methyl sites for hydroxylation is 1. The van der Waals surface area contributed by atoms with Crippen LogP contribution in [0.5, 0.6) is 0 Å². The van der Waals surface area contributed by atoms with Gasteiger partial charge in [-0.1, -0.05) is 0 Å². The summed E-state index contributed by atoms with van der Waals surface area (Å²) in [6.45, 7) is 3.84. The molecule has 0 fully saturated rings. The average Bonchev–Trinajstić information content (AvgIpc) is 2.64. The third-order valence-electron chi connectivity index (χ3n) is 3.33. The SMILES string of the molecule is CC(C)n1c(=O)n(C)c2nnc3cc(F)c(Br)cc3c21. The Labute approximate surface area is 122 Å². The van der Waals surface area contributed by atoms with Crippen LogP contribution in [-0.2, 0) is 7.05 Å². The Morgan fingerprint density at radius 2 is 2.00 bits per heavy atom. The first-order chi connectivity index (χ1) is 9.41. The maximum Gasteiger partial charge on any atom is 0.330 e. The highest BCUT2D eigenvalue weighted by molar-refractivity contribution is 9.10. The van der Waals surface area contributed by atoms with Crippen molar-refractivity contribution in [3.63, 3.8) is 0 Å². The van der Waals surface area contributed by atoms with Gasteiger partial charge in [0.2, 0.25) is 0 Å². The Bertz CT molecular complexity index is 897. The van der Waals surface area contributed by atoms with Crippen LogP contribution in [0.15, 0.2) is 21.4 Å². The summed E-state index contributed by atoms with van der Waals surface area (Å²) < 4.78 is 17.0. The van der Waals surface area contributed by atoms with Gasteiger partial charge in [-0.2, -0.15) is 0 Å². The van der Waals surface area contributed by atoms with Gasteiger partial charge in [-0.15, -0.1) is 10.2 Å². The number of fused-ring (bicyclic) bond motifs is 3. The third kappa shape index (κ3) is 1.69. The van der Waals surface area contributed by atoms with Crippen molar-refractivity contribution in [3.8, 4) is 0 Å². The van der Waals surface area contributed by atoms with E-state index in [0.29, 0.717) is 26.5 Å². The lowest BCUT2D eigenvalue weighted by Crippen LogP contribution is -2.23. The number of hydrogen-bond donors (Lipinski definition) is 0. The quantitative estimate of drug-likeness (QED) is 0.685. The maximum absolute atomic E-state index is 13.6. The van der Waals surface area contributed by atoms with Crippen molar-refractivity contribution in [1.82, 2.24) is 19.3 Å². The predicted octanol–water partition coefficient (Wildman–Crippen LogP) is 2.77. The molecule has 0 saturated heterocycles. The van der Waals surface area contributed by atoms with Crippen molar-refractivity contribution >= 4 is 38.0 Å². The fourth-order valence-corrected chi connectivity index (χ4v) is 2.71. The van der Waals surface area contributed by atoms with Gasteiger partial charge < -0.3 is 0 Å². The van der Waals surface area contributed by atoms with Crippen LogP contribution in [0.25, 0.3) is 22.1 Å². The molecule has 0 unspecified atom stereocenters. The molecular formula is C13H12BrFN4O. The van der Waals surface area contributed by atoms with Gasteiger partial charge in [0.25, 0.3) is 0 Å². The van der Waals surface area contributed by atoms with E-state index in [9.17, 15) is 9.18 Å². The van der Waals surface area contributed by atoms with E-state index in [1.54, 1.807) is 17.7 Å². The van der Waals surface area contributed by atoms with Gasteiger partial charge in [0.05, 0.1) is 9.99 Å². The second-order valence-corrected chi connectivity index (χ2v) is 5.82. The molecule has 0 aliphatic carbocycles. The Morgan fingerprint density at radius 1 is 1.30 bits per heavy atom. The first-order valence-electron chi connectivity index (χ1n) is 6.14. The summed E-state index contributed by atoms with van der Waals surface area (Å²) >= 11 is 3.17. The van der Waals surface area contributed by atoms with Crippen LogP contribution >= 0.6 is 15.9 Å². The van der Waals surface area contributed by atoms with Crippen molar-refractivity contribution in [2.24, 2.45) is 7.05 Å².